The summed E-state index contributed by atoms with van der Waals surface area (Å²) in [6.07, 6.45) is 1.69. The Morgan fingerprint density at radius 1 is 1.00 bits per heavy atom. The number of pyridine rings is 1. The lowest BCUT2D eigenvalue weighted by molar-refractivity contribution is 0.311. The van der Waals surface area contributed by atoms with E-state index < -0.39 is 0 Å². The van der Waals surface area contributed by atoms with Crippen molar-refractivity contribution in [3.8, 4) is 11.4 Å². The van der Waals surface area contributed by atoms with E-state index in [9.17, 15) is 4.39 Å². The third kappa shape index (κ3) is 4.02. The number of aliphatic hydroxyl groups excluding tert-OH is 1. The van der Waals surface area contributed by atoms with Crippen molar-refractivity contribution in [1.82, 2.24) is 15.0 Å². The van der Waals surface area contributed by atoms with Crippen LogP contribution >= 0.6 is 0 Å². The summed E-state index contributed by atoms with van der Waals surface area (Å²) in [7, 11) is 0. The van der Waals surface area contributed by atoms with Crippen LogP contribution in [0.25, 0.3) is 11.4 Å². The Morgan fingerprint density at radius 2 is 1.83 bits per heavy atom. The van der Waals surface area contributed by atoms with Crippen molar-refractivity contribution in [1.29, 1.82) is 0 Å². The summed E-state index contributed by atoms with van der Waals surface area (Å²) >= 11 is 0. The van der Waals surface area contributed by atoms with E-state index in [0.29, 0.717) is 35.4 Å². The Kier molecular flexibility index (Phi) is 4.93. The van der Waals surface area contributed by atoms with Crippen LogP contribution in [0.15, 0.2) is 54.7 Å². The topological polar surface area (TPSA) is 83.0 Å². The van der Waals surface area contributed by atoms with Crippen molar-refractivity contribution < 1.29 is 9.50 Å². The number of halogens is 1. The fourth-order valence-corrected chi connectivity index (χ4v) is 2.08. The van der Waals surface area contributed by atoms with Crippen LogP contribution in [0.2, 0.25) is 0 Å². The first kappa shape index (κ1) is 15.8. The predicted octanol–water partition coefficient (Wildman–Crippen LogP) is 2.83. The highest BCUT2D eigenvalue weighted by Gasteiger charge is 2.08. The summed E-state index contributed by atoms with van der Waals surface area (Å²) in [6.45, 7) is 0.305. The third-order valence-corrected chi connectivity index (χ3v) is 3.17. The molecule has 0 bridgehead atoms. The molecule has 3 rings (SSSR count). The lowest BCUT2D eigenvalue weighted by atomic mass is 10.2. The van der Waals surface area contributed by atoms with E-state index in [0.717, 1.165) is 0 Å². The molecule has 0 atom stereocenters. The van der Waals surface area contributed by atoms with E-state index in [4.69, 9.17) is 5.11 Å². The van der Waals surface area contributed by atoms with Gasteiger partial charge in [0, 0.05) is 24.5 Å². The minimum absolute atomic E-state index is 0.0299. The molecule has 1 aromatic carbocycles. The fourth-order valence-electron chi connectivity index (χ4n) is 2.08. The molecule has 3 N–H and O–H groups in total. The van der Waals surface area contributed by atoms with Crippen LogP contribution in [0.3, 0.4) is 0 Å². The number of anilines is 3. The quantitative estimate of drug-likeness (QED) is 0.646. The number of hydrogen-bond acceptors (Lipinski definition) is 6. The maximum Gasteiger partial charge on any atom is 0.225 e. The van der Waals surface area contributed by atoms with Crippen molar-refractivity contribution in [3.63, 3.8) is 0 Å². The van der Waals surface area contributed by atoms with E-state index in [1.807, 2.05) is 18.2 Å². The van der Waals surface area contributed by atoms with Gasteiger partial charge in [0.2, 0.25) is 5.95 Å². The van der Waals surface area contributed by atoms with Crippen LogP contribution in [-0.2, 0) is 0 Å². The number of benzene rings is 1. The highest BCUT2D eigenvalue weighted by Crippen LogP contribution is 2.22. The lowest BCUT2D eigenvalue weighted by Crippen LogP contribution is -2.10. The summed E-state index contributed by atoms with van der Waals surface area (Å²) < 4.78 is 13.0. The molecule has 0 aliphatic carbocycles. The van der Waals surface area contributed by atoms with Gasteiger partial charge in [-0.05, 0) is 36.4 Å². The Labute approximate surface area is 138 Å². The summed E-state index contributed by atoms with van der Waals surface area (Å²) in [6, 6.07) is 13.3. The van der Waals surface area contributed by atoms with Crippen molar-refractivity contribution in [2.45, 2.75) is 0 Å². The molecule has 0 fully saturated rings. The molecule has 0 aliphatic heterocycles. The molecule has 0 spiro atoms. The SMILES string of the molecule is OCCNc1nc(Nc2ccc(F)cc2)cc(-c2ccccn2)n1. The smallest absolute Gasteiger partial charge is 0.225 e. The van der Waals surface area contributed by atoms with Gasteiger partial charge in [0.15, 0.2) is 0 Å². The van der Waals surface area contributed by atoms with Gasteiger partial charge in [0.05, 0.1) is 18.0 Å². The summed E-state index contributed by atoms with van der Waals surface area (Å²) in [5, 5.41) is 15.0. The highest BCUT2D eigenvalue weighted by molar-refractivity contribution is 5.65. The van der Waals surface area contributed by atoms with E-state index in [-0.39, 0.29) is 12.4 Å². The van der Waals surface area contributed by atoms with Gasteiger partial charge in [0.25, 0.3) is 0 Å². The largest absolute Gasteiger partial charge is 0.395 e. The molecule has 0 unspecified atom stereocenters. The van der Waals surface area contributed by atoms with Crippen molar-refractivity contribution >= 4 is 17.5 Å². The summed E-state index contributed by atoms with van der Waals surface area (Å²) in [4.78, 5) is 13.0. The maximum atomic E-state index is 13.0. The number of aliphatic hydroxyl groups is 1. The Bertz CT molecular complexity index is 796. The van der Waals surface area contributed by atoms with Crippen LogP contribution in [0.4, 0.5) is 21.8 Å². The predicted molar refractivity (Wildman–Crippen MR) is 90.5 cm³/mol. The maximum absolute atomic E-state index is 13.0. The molecular weight excluding hydrogens is 309 g/mol. The van der Waals surface area contributed by atoms with E-state index >= 15 is 0 Å². The zero-order valence-electron chi connectivity index (χ0n) is 12.8. The molecule has 0 amide bonds. The van der Waals surface area contributed by atoms with E-state index in [1.54, 1.807) is 24.4 Å². The molecule has 0 saturated carbocycles. The van der Waals surface area contributed by atoms with Gasteiger partial charge in [0.1, 0.15) is 11.6 Å². The number of nitrogens with zero attached hydrogens (tertiary/aromatic N) is 3. The minimum Gasteiger partial charge on any atom is -0.395 e. The molecule has 3 aromatic rings. The van der Waals surface area contributed by atoms with Crippen LogP contribution in [-0.4, -0.2) is 33.2 Å². The van der Waals surface area contributed by atoms with Gasteiger partial charge >= 0.3 is 0 Å². The zero-order chi connectivity index (χ0) is 16.8. The molecule has 0 radical (unpaired) electrons. The third-order valence-electron chi connectivity index (χ3n) is 3.17. The summed E-state index contributed by atoms with van der Waals surface area (Å²) in [5.41, 5.74) is 2.04. The second-order valence-corrected chi connectivity index (χ2v) is 4.96. The molecule has 0 aliphatic rings. The Hall–Kier alpha value is -3.06. The van der Waals surface area contributed by atoms with Crippen LogP contribution in [0.1, 0.15) is 0 Å². The van der Waals surface area contributed by atoms with Gasteiger partial charge in [-0.2, -0.15) is 4.98 Å². The molecular formula is C17H16FN5O. The first-order valence-electron chi connectivity index (χ1n) is 7.42. The van der Waals surface area contributed by atoms with Crippen LogP contribution in [0.5, 0.6) is 0 Å². The number of rotatable bonds is 6. The molecule has 0 saturated heterocycles. The lowest BCUT2D eigenvalue weighted by Gasteiger charge is -2.10. The fraction of sp³-hybridized carbons (Fsp3) is 0.118. The zero-order valence-corrected chi connectivity index (χ0v) is 12.8. The molecule has 122 valence electrons. The van der Waals surface area contributed by atoms with Gasteiger partial charge in [-0.15, -0.1) is 0 Å². The first-order valence-corrected chi connectivity index (χ1v) is 7.42. The standard InChI is InChI=1S/C17H16FN5O/c18-12-4-6-13(7-5-12)21-16-11-15(14-3-1-2-8-19-14)22-17(23-16)20-9-10-24/h1-8,11,24H,9-10H2,(H2,20,21,22,23). The molecule has 24 heavy (non-hydrogen) atoms. The van der Waals surface area contributed by atoms with Gasteiger partial charge in [-0.25, -0.2) is 9.37 Å². The van der Waals surface area contributed by atoms with E-state index in [2.05, 4.69) is 25.6 Å². The van der Waals surface area contributed by atoms with Crippen molar-refractivity contribution in [2.24, 2.45) is 0 Å². The molecule has 2 heterocycles. The number of aromatic nitrogens is 3. The van der Waals surface area contributed by atoms with E-state index in [1.165, 1.54) is 12.1 Å². The monoisotopic (exact) mass is 325 g/mol. The van der Waals surface area contributed by atoms with Gasteiger partial charge in [-0.3, -0.25) is 4.98 Å². The average molecular weight is 325 g/mol. The van der Waals surface area contributed by atoms with Gasteiger partial charge < -0.3 is 15.7 Å². The molecule has 2 aromatic heterocycles. The number of hydrogen-bond donors (Lipinski definition) is 3. The van der Waals surface area contributed by atoms with Crippen LogP contribution in [0, 0.1) is 5.82 Å². The molecule has 7 heteroatoms. The normalized spacial score (nSPS) is 10.4. The van der Waals surface area contributed by atoms with Crippen LogP contribution < -0.4 is 10.6 Å². The Balaban J connectivity index is 1.93. The highest BCUT2D eigenvalue weighted by atomic mass is 19.1. The number of nitrogens with one attached hydrogen (secondary N) is 2. The second-order valence-electron chi connectivity index (χ2n) is 4.96. The van der Waals surface area contributed by atoms with Gasteiger partial charge in [-0.1, -0.05) is 6.07 Å². The second kappa shape index (κ2) is 7.47. The molecule has 6 nitrogen and oxygen atoms in total. The average Bonchev–Trinajstić information content (AvgIpc) is 2.62. The Morgan fingerprint density at radius 3 is 2.54 bits per heavy atom. The minimum atomic E-state index is -0.303. The van der Waals surface area contributed by atoms with Crippen molar-refractivity contribution in [3.05, 3.63) is 60.5 Å². The van der Waals surface area contributed by atoms with Crippen molar-refractivity contribution in [2.75, 3.05) is 23.8 Å². The summed E-state index contributed by atoms with van der Waals surface area (Å²) in [5.74, 6) is 0.609. The first-order chi connectivity index (χ1) is 11.7.